The fraction of sp³-hybridized carbons (Fsp3) is 0.176. The molecule has 0 heterocycles. The first-order chi connectivity index (χ1) is 10.1. The first kappa shape index (κ1) is 15.0. The highest BCUT2D eigenvalue weighted by Crippen LogP contribution is 2.20. The number of hydrogen-bond acceptors (Lipinski definition) is 2. The number of hydrogen-bond donors (Lipinski definition) is 1. The Labute approximate surface area is 122 Å². The van der Waals surface area contributed by atoms with E-state index in [-0.39, 0.29) is 19.0 Å². The second-order valence-corrected chi connectivity index (χ2v) is 4.46. The van der Waals surface area contributed by atoms with E-state index in [1.54, 1.807) is 19.1 Å². The second-order valence-electron chi connectivity index (χ2n) is 4.46. The Kier molecular flexibility index (Phi) is 4.91. The normalized spacial score (nSPS) is 9.90. The van der Waals surface area contributed by atoms with Crippen molar-refractivity contribution in [1.82, 2.24) is 0 Å². The first-order valence-electron chi connectivity index (χ1n) is 6.37. The number of benzene rings is 2. The van der Waals surface area contributed by atoms with Crippen molar-refractivity contribution in [1.29, 1.82) is 0 Å². The van der Waals surface area contributed by atoms with E-state index in [1.165, 1.54) is 24.3 Å². The fourth-order valence-electron chi connectivity index (χ4n) is 1.86. The fourth-order valence-corrected chi connectivity index (χ4v) is 1.86. The molecule has 0 unspecified atom stereocenters. The lowest BCUT2D eigenvalue weighted by molar-refractivity contribution is 0.303. The molecule has 21 heavy (non-hydrogen) atoms. The van der Waals surface area contributed by atoms with Gasteiger partial charge in [-0.1, -0.05) is 17.9 Å². The minimum Gasteiger partial charge on any atom is -0.489 e. The quantitative estimate of drug-likeness (QED) is 0.879. The Hall–Kier alpha value is -2.38. The molecule has 0 radical (unpaired) electrons. The van der Waals surface area contributed by atoms with E-state index < -0.39 is 5.82 Å². The molecule has 0 bridgehead atoms. The highest BCUT2D eigenvalue weighted by atomic mass is 19.1. The number of aliphatic hydroxyl groups is 1. The molecule has 4 heteroatoms. The number of aliphatic hydroxyl groups excluding tert-OH is 1. The molecule has 0 spiro atoms. The molecular weight excluding hydrogens is 274 g/mol. The van der Waals surface area contributed by atoms with Crippen LogP contribution in [0.3, 0.4) is 0 Å². The Morgan fingerprint density at radius 1 is 1.10 bits per heavy atom. The zero-order valence-corrected chi connectivity index (χ0v) is 11.5. The molecular formula is C17H14F2O2. The van der Waals surface area contributed by atoms with Crippen LogP contribution in [0.15, 0.2) is 36.4 Å². The van der Waals surface area contributed by atoms with Gasteiger partial charge in [-0.05, 0) is 42.8 Å². The maximum absolute atomic E-state index is 13.2. The topological polar surface area (TPSA) is 29.5 Å². The van der Waals surface area contributed by atoms with Gasteiger partial charge in [-0.15, -0.1) is 0 Å². The van der Waals surface area contributed by atoms with E-state index in [2.05, 4.69) is 11.8 Å². The maximum atomic E-state index is 13.2. The molecule has 0 saturated carbocycles. The van der Waals surface area contributed by atoms with Crippen molar-refractivity contribution in [2.75, 3.05) is 6.61 Å². The highest BCUT2D eigenvalue weighted by Gasteiger charge is 2.06. The molecule has 0 fully saturated rings. The summed E-state index contributed by atoms with van der Waals surface area (Å²) in [5, 5.41) is 8.72. The molecule has 108 valence electrons. The summed E-state index contributed by atoms with van der Waals surface area (Å²) in [5.74, 6) is 5.00. The summed E-state index contributed by atoms with van der Waals surface area (Å²) in [6, 6.07) is 8.44. The van der Waals surface area contributed by atoms with Crippen molar-refractivity contribution in [3.8, 4) is 17.6 Å². The molecule has 1 N–H and O–H groups in total. The third-order valence-electron chi connectivity index (χ3n) is 2.89. The van der Waals surface area contributed by atoms with Crippen molar-refractivity contribution >= 4 is 0 Å². The van der Waals surface area contributed by atoms with Gasteiger partial charge in [0.1, 0.15) is 30.6 Å². The smallest absolute Gasteiger partial charge is 0.124 e. The van der Waals surface area contributed by atoms with Gasteiger partial charge in [0, 0.05) is 11.1 Å². The van der Waals surface area contributed by atoms with Gasteiger partial charge in [0.05, 0.1) is 0 Å². The summed E-state index contributed by atoms with van der Waals surface area (Å²) >= 11 is 0. The van der Waals surface area contributed by atoms with E-state index in [1.807, 2.05) is 0 Å². The van der Waals surface area contributed by atoms with E-state index >= 15 is 0 Å². The van der Waals surface area contributed by atoms with Crippen molar-refractivity contribution < 1.29 is 18.6 Å². The standard InChI is InChI=1S/C17H14F2O2/c1-12-9-15(18)6-7-17(12)21-11-14-4-5-16(19)10-13(14)3-2-8-20/h4-7,9-10,20H,8,11H2,1H3. The van der Waals surface area contributed by atoms with Crippen molar-refractivity contribution in [2.45, 2.75) is 13.5 Å². The number of aryl methyl sites for hydroxylation is 1. The second kappa shape index (κ2) is 6.87. The summed E-state index contributed by atoms with van der Waals surface area (Å²) in [4.78, 5) is 0. The zero-order valence-electron chi connectivity index (χ0n) is 11.5. The van der Waals surface area contributed by atoms with E-state index in [9.17, 15) is 8.78 Å². The lowest BCUT2D eigenvalue weighted by Crippen LogP contribution is -2.00. The van der Waals surface area contributed by atoms with Crippen LogP contribution in [-0.4, -0.2) is 11.7 Å². The largest absolute Gasteiger partial charge is 0.489 e. The van der Waals surface area contributed by atoms with Gasteiger partial charge >= 0.3 is 0 Å². The van der Waals surface area contributed by atoms with E-state index in [0.29, 0.717) is 22.4 Å². The van der Waals surface area contributed by atoms with Gasteiger partial charge in [-0.3, -0.25) is 0 Å². The molecule has 0 aliphatic rings. The van der Waals surface area contributed by atoms with Crippen molar-refractivity contribution in [2.24, 2.45) is 0 Å². The first-order valence-corrected chi connectivity index (χ1v) is 6.37. The van der Waals surface area contributed by atoms with Crippen LogP contribution in [0.2, 0.25) is 0 Å². The average molecular weight is 288 g/mol. The van der Waals surface area contributed by atoms with Crippen LogP contribution in [0, 0.1) is 30.4 Å². The Morgan fingerprint density at radius 2 is 1.81 bits per heavy atom. The summed E-state index contributed by atoms with van der Waals surface area (Å²) in [5.41, 5.74) is 1.84. The van der Waals surface area contributed by atoms with E-state index in [0.717, 1.165) is 0 Å². The molecule has 2 rings (SSSR count). The molecule has 0 saturated heterocycles. The molecule has 0 aliphatic carbocycles. The third-order valence-corrected chi connectivity index (χ3v) is 2.89. The predicted octanol–water partition coefficient (Wildman–Crippen LogP) is 3.20. The molecule has 0 amide bonds. The Morgan fingerprint density at radius 3 is 2.52 bits per heavy atom. The number of halogens is 2. The van der Waals surface area contributed by atoms with Crippen LogP contribution < -0.4 is 4.74 Å². The number of rotatable bonds is 3. The van der Waals surface area contributed by atoms with Crippen LogP contribution in [0.5, 0.6) is 5.75 Å². The van der Waals surface area contributed by atoms with Crippen LogP contribution in [0.4, 0.5) is 8.78 Å². The van der Waals surface area contributed by atoms with Gasteiger partial charge in [-0.2, -0.15) is 0 Å². The minimum atomic E-state index is -0.404. The molecule has 0 aromatic heterocycles. The summed E-state index contributed by atoms with van der Waals surface area (Å²) in [6.07, 6.45) is 0. The minimum absolute atomic E-state index is 0.183. The highest BCUT2D eigenvalue weighted by molar-refractivity contribution is 5.42. The lowest BCUT2D eigenvalue weighted by atomic mass is 10.1. The molecule has 0 atom stereocenters. The van der Waals surface area contributed by atoms with Gasteiger partial charge in [-0.25, -0.2) is 8.78 Å². The van der Waals surface area contributed by atoms with Crippen LogP contribution in [0.25, 0.3) is 0 Å². The van der Waals surface area contributed by atoms with Crippen molar-refractivity contribution in [3.63, 3.8) is 0 Å². The SMILES string of the molecule is Cc1cc(F)ccc1OCc1ccc(F)cc1C#CCO. The zero-order chi connectivity index (χ0) is 15.2. The van der Waals surface area contributed by atoms with Crippen LogP contribution >= 0.6 is 0 Å². The van der Waals surface area contributed by atoms with Crippen molar-refractivity contribution in [3.05, 3.63) is 64.7 Å². The lowest BCUT2D eigenvalue weighted by Gasteiger charge is -2.10. The van der Waals surface area contributed by atoms with Crippen LogP contribution in [-0.2, 0) is 6.61 Å². The molecule has 2 aromatic carbocycles. The average Bonchev–Trinajstić information content (AvgIpc) is 2.45. The van der Waals surface area contributed by atoms with Gasteiger partial charge in [0.2, 0.25) is 0 Å². The molecule has 0 aliphatic heterocycles. The summed E-state index contributed by atoms with van der Waals surface area (Å²) in [6.45, 7) is 1.63. The predicted molar refractivity (Wildman–Crippen MR) is 75.8 cm³/mol. The molecule has 2 nitrogen and oxygen atoms in total. The summed E-state index contributed by atoms with van der Waals surface area (Å²) in [7, 11) is 0. The molecule has 2 aromatic rings. The maximum Gasteiger partial charge on any atom is 0.124 e. The van der Waals surface area contributed by atoms with Crippen LogP contribution in [0.1, 0.15) is 16.7 Å². The summed E-state index contributed by atoms with van der Waals surface area (Å²) < 4.78 is 31.9. The monoisotopic (exact) mass is 288 g/mol. The third kappa shape index (κ3) is 4.04. The van der Waals surface area contributed by atoms with Gasteiger partial charge in [0.15, 0.2) is 0 Å². The Bertz CT molecular complexity index is 700. The van der Waals surface area contributed by atoms with Gasteiger partial charge < -0.3 is 9.84 Å². The Balaban J connectivity index is 2.19. The van der Waals surface area contributed by atoms with E-state index in [4.69, 9.17) is 9.84 Å². The number of ether oxygens (including phenoxy) is 1. The van der Waals surface area contributed by atoms with Gasteiger partial charge in [0.25, 0.3) is 0 Å².